The van der Waals surface area contributed by atoms with E-state index in [2.05, 4.69) is 5.43 Å². The number of hydrogen-bond acceptors (Lipinski definition) is 6. The third-order valence-corrected chi connectivity index (χ3v) is 5.33. The highest BCUT2D eigenvalue weighted by Gasteiger charge is 2.38. The number of hydrazine groups is 1. The predicted molar refractivity (Wildman–Crippen MR) is 86.0 cm³/mol. The molecule has 1 unspecified atom stereocenters. The summed E-state index contributed by atoms with van der Waals surface area (Å²) in [5.74, 6) is -0.892. The lowest BCUT2D eigenvalue weighted by Crippen LogP contribution is -2.35. The molecular formula is C14H10N4O2S2. The Bertz CT molecular complexity index is 752. The maximum atomic E-state index is 12.5. The summed E-state index contributed by atoms with van der Waals surface area (Å²) in [5.41, 5.74) is 9.46. The summed E-state index contributed by atoms with van der Waals surface area (Å²) in [6.07, 6.45) is 0. The molecule has 0 radical (unpaired) electrons. The summed E-state index contributed by atoms with van der Waals surface area (Å²) in [7, 11) is 0. The van der Waals surface area contributed by atoms with Gasteiger partial charge in [-0.05, 0) is 17.5 Å². The highest BCUT2D eigenvalue weighted by Crippen LogP contribution is 2.42. The van der Waals surface area contributed by atoms with Crippen LogP contribution in [0.15, 0.2) is 51.1 Å². The first kappa shape index (κ1) is 14.7. The minimum Gasteiger partial charge on any atom is -0.315 e. The molecule has 2 heterocycles. The van der Waals surface area contributed by atoms with Crippen molar-refractivity contribution in [3.05, 3.63) is 51.1 Å². The lowest BCUT2D eigenvalue weighted by atomic mass is 10.2. The number of nitriles is 1. The average molecular weight is 330 g/mol. The molecule has 3 rings (SSSR count). The number of anilines is 1. The Morgan fingerprint density at radius 2 is 2.00 bits per heavy atom. The number of carbonyl (C=O) groups excluding carboxylic acids is 2. The van der Waals surface area contributed by atoms with Gasteiger partial charge in [0, 0.05) is 0 Å². The van der Waals surface area contributed by atoms with Crippen LogP contribution in [0.3, 0.4) is 0 Å². The van der Waals surface area contributed by atoms with Gasteiger partial charge in [-0.3, -0.25) is 15.0 Å². The molecule has 2 amide bonds. The number of benzene rings is 1. The Hall–Kier alpha value is -2.21. The molecule has 0 spiro atoms. The largest absolute Gasteiger partial charge is 0.315 e. The molecule has 1 aromatic carbocycles. The van der Waals surface area contributed by atoms with Gasteiger partial charge in [-0.2, -0.15) is 5.26 Å². The van der Waals surface area contributed by atoms with Crippen LogP contribution in [0.1, 0.15) is 0 Å². The Kier molecular flexibility index (Phi) is 3.94. The van der Waals surface area contributed by atoms with Crippen LogP contribution in [0.25, 0.3) is 0 Å². The number of rotatable bonds is 1. The molecule has 0 aromatic heterocycles. The second-order valence-electron chi connectivity index (χ2n) is 4.42. The Balaban J connectivity index is 1.95. The first-order chi connectivity index (χ1) is 10.6. The van der Waals surface area contributed by atoms with Crippen LogP contribution in [-0.4, -0.2) is 17.2 Å². The first-order valence-electron chi connectivity index (χ1n) is 6.25. The molecule has 22 heavy (non-hydrogen) atoms. The average Bonchev–Trinajstić information content (AvgIpc) is 2.83. The summed E-state index contributed by atoms with van der Waals surface area (Å²) in [6, 6.07) is 10.8. The summed E-state index contributed by atoms with van der Waals surface area (Å²) >= 11 is 2.31. The van der Waals surface area contributed by atoms with Gasteiger partial charge < -0.3 is 5.73 Å². The highest BCUT2D eigenvalue weighted by atomic mass is 32.2. The van der Waals surface area contributed by atoms with Gasteiger partial charge in [0.1, 0.15) is 5.57 Å². The third-order valence-electron chi connectivity index (χ3n) is 3.04. The summed E-state index contributed by atoms with van der Waals surface area (Å²) < 4.78 is 0.507. The van der Waals surface area contributed by atoms with E-state index in [-0.39, 0.29) is 5.57 Å². The van der Waals surface area contributed by atoms with Gasteiger partial charge in [0.2, 0.25) is 0 Å². The van der Waals surface area contributed by atoms with E-state index in [1.54, 1.807) is 29.7 Å². The molecule has 2 aliphatic heterocycles. The fraction of sp³-hybridized carbons (Fsp3) is 0.0714. The van der Waals surface area contributed by atoms with Crippen LogP contribution < -0.4 is 16.2 Å². The topological polar surface area (TPSA) is 99.2 Å². The number of nitrogens with two attached hydrogens (primary N) is 1. The van der Waals surface area contributed by atoms with Crippen molar-refractivity contribution in [2.75, 3.05) is 5.01 Å². The van der Waals surface area contributed by atoms with Crippen LogP contribution in [0.4, 0.5) is 5.69 Å². The maximum absolute atomic E-state index is 12.5. The van der Waals surface area contributed by atoms with Crippen molar-refractivity contribution >= 4 is 41.0 Å². The number of hydrogen-bond donors (Lipinski definition) is 2. The number of nitrogens with one attached hydrogen (secondary N) is 1. The zero-order chi connectivity index (χ0) is 15.7. The van der Waals surface area contributed by atoms with Crippen LogP contribution in [0, 0.1) is 11.3 Å². The molecule has 8 heteroatoms. The highest BCUT2D eigenvalue weighted by molar-refractivity contribution is 8.24. The minimum atomic E-state index is -0.569. The van der Waals surface area contributed by atoms with E-state index in [1.807, 2.05) is 12.1 Å². The SMILES string of the molecule is N#CC1=CSC(=C2C(=O)NN(c3ccccc3)C2=O)SC1N. The number of amides is 2. The zero-order valence-corrected chi connectivity index (χ0v) is 12.8. The smallest absolute Gasteiger partial charge is 0.284 e. The fourth-order valence-electron chi connectivity index (χ4n) is 1.95. The van der Waals surface area contributed by atoms with E-state index < -0.39 is 17.2 Å². The van der Waals surface area contributed by atoms with Gasteiger partial charge in [-0.15, -0.1) is 0 Å². The number of nitrogens with zero attached hydrogens (tertiary/aromatic N) is 2. The quantitative estimate of drug-likeness (QED) is 0.597. The molecule has 1 aromatic rings. The lowest BCUT2D eigenvalue weighted by Gasteiger charge is -2.18. The van der Waals surface area contributed by atoms with E-state index in [0.29, 0.717) is 15.5 Å². The second-order valence-corrected chi connectivity index (χ2v) is 6.71. The minimum absolute atomic E-state index is 0.0579. The van der Waals surface area contributed by atoms with Crippen molar-refractivity contribution in [1.29, 1.82) is 5.26 Å². The standard InChI is InChI=1S/C14H10N4O2S2/c15-6-8-7-21-14(22-11(8)16)10-12(19)17-18(13(10)20)9-4-2-1-3-5-9/h1-5,7,11H,16H2,(H,17,19). The normalized spacial score (nSPS) is 24.8. The summed E-state index contributed by atoms with van der Waals surface area (Å²) in [5, 5.41) is 11.1. The molecule has 0 saturated carbocycles. The van der Waals surface area contributed by atoms with Crippen LogP contribution in [-0.2, 0) is 9.59 Å². The van der Waals surface area contributed by atoms with Crippen molar-refractivity contribution in [1.82, 2.24) is 5.43 Å². The van der Waals surface area contributed by atoms with E-state index in [1.165, 1.54) is 16.8 Å². The molecule has 110 valence electrons. The van der Waals surface area contributed by atoms with E-state index in [9.17, 15) is 9.59 Å². The van der Waals surface area contributed by atoms with E-state index in [4.69, 9.17) is 11.0 Å². The van der Waals surface area contributed by atoms with Crippen molar-refractivity contribution in [2.45, 2.75) is 5.37 Å². The molecule has 2 aliphatic rings. The van der Waals surface area contributed by atoms with Gasteiger partial charge in [0.25, 0.3) is 11.8 Å². The van der Waals surface area contributed by atoms with Gasteiger partial charge in [0.05, 0.1) is 26.9 Å². The van der Waals surface area contributed by atoms with Gasteiger partial charge >= 0.3 is 0 Å². The van der Waals surface area contributed by atoms with Crippen LogP contribution in [0.2, 0.25) is 0 Å². The van der Waals surface area contributed by atoms with Crippen molar-refractivity contribution in [2.24, 2.45) is 5.73 Å². The monoisotopic (exact) mass is 330 g/mol. The van der Waals surface area contributed by atoms with E-state index in [0.717, 1.165) is 11.8 Å². The number of thioether (sulfide) groups is 2. The van der Waals surface area contributed by atoms with Gasteiger partial charge in [-0.25, -0.2) is 5.01 Å². The molecule has 0 aliphatic carbocycles. The number of para-hydroxylation sites is 1. The maximum Gasteiger partial charge on any atom is 0.284 e. The van der Waals surface area contributed by atoms with Crippen molar-refractivity contribution in [3.8, 4) is 6.07 Å². The molecule has 0 bridgehead atoms. The Labute approximate surface area is 135 Å². The van der Waals surface area contributed by atoms with Crippen molar-refractivity contribution in [3.63, 3.8) is 0 Å². The van der Waals surface area contributed by atoms with Crippen molar-refractivity contribution < 1.29 is 9.59 Å². The first-order valence-corrected chi connectivity index (χ1v) is 8.01. The molecule has 1 fully saturated rings. The summed E-state index contributed by atoms with van der Waals surface area (Å²) in [6.45, 7) is 0. The second kappa shape index (κ2) is 5.88. The molecule has 1 saturated heterocycles. The van der Waals surface area contributed by atoms with Gasteiger partial charge in [0.15, 0.2) is 0 Å². The summed E-state index contributed by atoms with van der Waals surface area (Å²) in [4.78, 5) is 24.6. The molecular weight excluding hydrogens is 320 g/mol. The lowest BCUT2D eigenvalue weighted by molar-refractivity contribution is -0.117. The Morgan fingerprint density at radius 3 is 2.64 bits per heavy atom. The molecule has 1 atom stereocenters. The number of carbonyl (C=O) groups is 2. The Morgan fingerprint density at radius 1 is 1.27 bits per heavy atom. The zero-order valence-electron chi connectivity index (χ0n) is 11.1. The molecule has 3 N–H and O–H groups in total. The van der Waals surface area contributed by atoms with Crippen LogP contribution >= 0.6 is 23.5 Å². The van der Waals surface area contributed by atoms with Gasteiger partial charge in [-0.1, -0.05) is 41.7 Å². The molecule has 6 nitrogen and oxygen atoms in total. The predicted octanol–water partition coefficient (Wildman–Crippen LogP) is 1.45. The third kappa shape index (κ3) is 2.50. The van der Waals surface area contributed by atoms with E-state index >= 15 is 0 Å². The fourth-order valence-corrected chi connectivity index (χ4v) is 4.23. The van der Waals surface area contributed by atoms with Crippen LogP contribution in [0.5, 0.6) is 0 Å².